The first-order valence-corrected chi connectivity index (χ1v) is 13.5. The van der Waals surface area contributed by atoms with Crippen molar-refractivity contribution in [3.05, 3.63) is 46.5 Å². The van der Waals surface area contributed by atoms with Crippen LogP contribution in [0.5, 0.6) is 0 Å². The average Bonchev–Trinajstić information content (AvgIpc) is 3.37. The number of aliphatic hydroxyl groups is 1. The number of allylic oxidation sites excluding steroid dienone is 2. The number of carboxylic acids is 1. The highest BCUT2D eigenvalue weighted by Crippen LogP contribution is 2.68. The van der Waals surface area contributed by atoms with E-state index in [4.69, 9.17) is 16.5 Å². The number of hydrogen-bond acceptors (Lipinski definition) is 5. The lowest BCUT2D eigenvalue weighted by atomic mass is 9.47. The zero-order valence-electron chi connectivity index (χ0n) is 20.3. The van der Waals surface area contributed by atoms with Crippen LogP contribution >= 0.6 is 11.3 Å². The summed E-state index contributed by atoms with van der Waals surface area (Å²) < 4.78 is 0. The Labute approximate surface area is 210 Å². The molecule has 1 aromatic carbocycles. The van der Waals surface area contributed by atoms with Gasteiger partial charge in [-0.05, 0) is 98.0 Å². The zero-order valence-corrected chi connectivity index (χ0v) is 21.1. The summed E-state index contributed by atoms with van der Waals surface area (Å²) >= 11 is 1.71. The van der Waals surface area contributed by atoms with E-state index in [9.17, 15) is 9.90 Å². The molecule has 0 spiro atoms. The van der Waals surface area contributed by atoms with Gasteiger partial charge in [0.15, 0.2) is 5.13 Å². The molecule has 6 rings (SSSR count). The molecule has 1 aromatic heterocycles. The number of benzene rings is 1. The Balaban J connectivity index is 1.29. The number of aromatic carboxylic acids is 1. The molecule has 0 radical (unpaired) electrons. The zero-order chi connectivity index (χ0) is 24.6. The van der Waals surface area contributed by atoms with E-state index in [1.54, 1.807) is 35.6 Å². The Morgan fingerprint density at radius 1 is 1.17 bits per heavy atom. The monoisotopic (exact) mass is 488 g/mol. The highest BCUT2D eigenvalue weighted by atomic mass is 32.1. The number of terminal acetylenes is 1. The molecular formula is C29H32N2O3S. The molecular weight excluding hydrogens is 456 g/mol. The molecule has 5 nitrogen and oxygen atoms in total. The molecule has 2 saturated carbocycles. The largest absolute Gasteiger partial charge is 0.478 e. The predicted molar refractivity (Wildman–Crippen MR) is 139 cm³/mol. The first kappa shape index (κ1) is 22.8. The van der Waals surface area contributed by atoms with Gasteiger partial charge in [0.25, 0.3) is 0 Å². The fourth-order valence-corrected chi connectivity index (χ4v) is 9.21. The predicted octanol–water partition coefficient (Wildman–Crippen LogP) is 6.13. The molecule has 4 aliphatic rings. The lowest BCUT2D eigenvalue weighted by Gasteiger charge is -2.57. The Hall–Kier alpha value is -2.62. The molecule has 2 fully saturated rings. The smallest absolute Gasteiger partial charge is 0.335 e. The minimum Gasteiger partial charge on any atom is -0.478 e. The van der Waals surface area contributed by atoms with Gasteiger partial charge in [-0.15, -0.1) is 6.42 Å². The summed E-state index contributed by atoms with van der Waals surface area (Å²) in [5.41, 5.74) is 2.73. The minimum atomic E-state index is -0.964. The second kappa shape index (κ2) is 7.69. The van der Waals surface area contributed by atoms with Crippen molar-refractivity contribution in [3.63, 3.8) is 0 Å². The van der Waals surface area contributed by atoms with E-state index in [0.29, 0.717) is 17.8 Å². The molecule has 2 aromatic rings. The number of rotatable bonds is 3. The molecule has 0 aliphatic heterocycles. The average molecular weight is 489 g/mol. The maximum Gasteiger partial charge on any atom is 0.335 e. The highest BCUT2D eigenvalue weighted by molar-refractivity contribution is 7.16. The number of carbonyl (C=O) groups is 1. The van der Waals surface area contributed by atoms with Crippen LogP contribution in [0.4, 0.5) is 10.8 Å². The summed E-state index contributed by atoms with van der Waals surface area (Å²) in [7, 11) is 0. The Kier molecular flexibility index (Phi) is 5.01. The minimum absolute atomic E-state index is 0.126. The summed E-state index contributed by atoms with van der Waals surface area (Å²) in [6, 6.07) is 6.80. The van der Waals surface area contributed by atoms with Crippen LogP contribution < -0.4 is 5.32 Å². The third-order valence-corrected chi connectivity index (χ3v) is 11.1. The maximum atomic E-state index is 11.2. The third-order valence-electron chi connectivity index (χ3n) is 10.1. The molecule has 35 heavy (non-hydrogen) atoms. The van der Waals surface area contributed by atoms with Crippen molar-refractivity contribution in [2.24, 2.45) is 28.6 Å². The van der Waals surface area contributed by atoms with Gasteiger partial charge in [-0.1, -0.05) is 37.2 Å². The molecule has 3 N–H and O–H groups in total. The summed E-state index contributed by atoms with van der Waals surface area (Å²) in [6.07, 6.45) is 15.3. The number of anilines is 2. The molecule has 6 atom stereocenters. The van der Waals surface area contributed by atoms with Gasteiger partial charge < -0.3 is 15.5 Å². The van der Waals surface area contributed by atoms with Crippen LogP contribution in [0.15, 0.2) is 30.3 Å². The van der Waals surface area contributed by atoms with Crippen LogP contribution in [0.3, 0.4) is 0 Å². The van der Waals surface area contributed by atoms with Crippen LogP contribution in [0, 0.1) is 40.9 Å². The molecule has 182 valence electrons. The molecule has 0 unspecified atom stereocenters. The van der Waals surface area contributed by atoms with Gasteiger partial charge in [0.1, 0.15) is 5.60 Å². The highest BCUT2D eigenvalue weighted by Gasteiger charge is 2.63. The lowest BCUT2D eigenvalue weighted by molar-refractivity contribution is -0.0886. The number of carboxylic acid groups (broad SMARTS) is 1. The number of aromatic nitrogens is 1. The Morgan fingerprint density at radius 2 is 1.91 bits per heavy atom. The van der Waals surface area contributed by atoms with Crippen molar-refractivity contribution in [2.45, 2.75) is 64.4 Å². The van der Waals surface area contributed by atoms with E-state index in [0.717, 1.165) is 55.8 Å². The molecule has 6 heteroatoms. The van der Waals surface area contributed by atoms with Gasteiger partial charge in [0, 0.05) is 11.1 Å². The van der Waals surface area contributed by atoms with E-state index in [2.05, 4.69) is 31.2 Å². The van der Waals surface area contributed by atoms with Crippen LogP contribution in [0.1, 0.15) is 73.3 Å². The van der Waals surface area contributed by atoms with E-state index >= 15 is 0 Å². The van der Waals surface area contributed by atoms with Crippen LogP contribution in [-0.4, -0.2) is 26.8 Å². The molecule has 0 amide bonds. The first-order chi connectivity index (χ1) is 16.7. The summed E-state index contributed by atoms with van der Waals surface area (Å²) in [4.78, 5) is 17.4. The van der Waals surface area contributed by atoms with Gasteiger partial charge in [-0.3, -0.25) is 0 Å². The van der Waals surface area contributed by atoms with Crippen molar-refractivity contribution in [3.8, 4) is 12.3 Å². The van der Waals surface area contributed by atoms with Crippen molar-refractivity contribution in [2.75, 3.05) is 5.32 Å². The van der Waals surface area contributed by atoms with E-state index < -0.39 is 11.6 Å². The molecule has 0 saturated heterocycles. The van der Waals surface area contributed by atoms with Gasteiger partial charge in [0.05, 0.1) is 16.1 Å². The van der Waals surface area contributed by atoms with E-state index in [1.165, 1.54) is 16.1 Å². The number of hydrogen-bond donors (Lipinski definition) is 3. The molecule has 1 heterocycles. The number of nitrogens with one attached hydrogen (secondary N) is 1. The molecule has 4 aliphatic carbocycles. The number of aryl methyl sites for hydroxylation is 1. The van der Waals surface area contributed by atoms with Gasteiger partial charge in [-0.25, -0.2) is 9.78 Å². The second-order valence-electron chi connectivity index (χ2n) is 11.4. The summed E-state index contributed by atoms with van der Waals surface area (Å²) in [5.74, 6) is 3.52. The van der Waals surface area contributed by atoms with Crippen LogP contribution in [0.25, 0.3) is 5.57 Å². The second-order valence-corrected chi connectivity index (χ2v) is 12.4. The van der Waals surface area contributed by atoms with Gasteiger partial charge in [-0.2, -0.15) is 0 Å². The van der Waals surface area contributed by atoms with E-state index in [-0.39, 0.29) is 16.4 Å². The van der Waals surface area contributed by atoms with Crippen molar-refractivity contribution >= 4 is 33.7 Å². The Morgan fingerprint density at radius 3 is 2.63 bits per heavy atom. The standard InChI is InChI=1S/C29H32N2O3S/c1-4-29(34)16-12-21-19-9-10-22-24-23(13-14-27(22,2)20(19)11-15-28(21,29)3)31-26(35-24)30-18-7-5-17(6-8-18)25(32)33/h1,5-8,10,19-21,34H,9,11-16H2,2-3H3,(H,30,31)(H,32,33)/t19-,20+,21+,27-,28+,29+/m1/s1. The van der Waals surface area contributed by atoms with Gasteiger partial charge in [0.2, 0.25) is 0 Å². The summed E-state index contributed by atoms with van der Waals surface area (Å²) in [5, 5.41) is 24.6. The normalized spacial score (nSPS) is 37.2. The number of nitrogens with zero attached hydrogens (tertiary/aromatic N) is 1. The first-order valence-electron chi connectivity index (χ1n) is 12.7. The fraction of sp³-hybridized carbons (Fsp3) is 0.517. The van der Waals surface area contributed by atoms with Crippen molar-refractivity contribution in [1.82, 2.24) is 4.98 Å². The molecule has 0 bridgehead atoms. The van der Waals surface area contributed by atoms with Crippen LogP contribution in [-0.2, 0) is 6.42 Å². The SMILES string of the molecule is C#C[C@]1(O)CC[C@H]2[C@@H]3CC=C4c5sc(Nc6ccc(C(=O)O)cc6)nc5CC[C@]4(C)[C@H]3CC[C@@]21C. The van der Waals surface area contributed by atoms with E-state index in [1.807, 2.05) is 0 Å². The van der Waals surface area contributed by atoms with Gasteiger partial charge >= 0.3 is 5.97 Å². The topological polar surface area (TPSA) is 82.5 Å². The van der Waals surface area contributed by atoms with Crippen molar-refractivity contribution in [1.29, 1.82) is 0 Å². The number of thiazole rings is 1. The van der Waals surface area contributed by atoms with Crippen molar-refractivity contribution < 1.29 is 15.0 Å². The summed E-state index contributed by atoms with van der Waals surface area (Å²) in [6.45, 7) is 4.70. The third kappa shape index (κ3) is 3.17. The van der Waals surface area contributed by atoms with Crippen LogP contribution in [0.2, 0.25) is 0 Å². The fourth-order valence-electron chi connectivity index (χ4n) is 8.00. The lowest BCUT2D eigenvalue weighted by Crippen LogP contribution is -2.53. The number of fused-ring (bicyclic) bond motifs is 7. The quantitative estimate of drug-likeness (QED) is 0.453. The maximum absolute atomic E-state index is 11.2. The Bertz CT molecular complexity index is 1270.